The number of rotatable bonds is 10. The molecule has 3 aliphatic rings. The predicted octanol–water partition coefficient (Wildman–Crippen LogP) is -0.611. The molecule has 6 atom stereocenters. The molecule has 43 heavy (non-hydrogen) atoms. The zero-order valence-electron chi connectivity index (χ0n) is 24.1. The summed E-state index contributed by atoms with van der Waals surface area (Å²) in [5, 5.41) is 70.6. The molecule has 1 amide bonds. The van der Waals surface area contributed by atoms with Crippen LogP contribution in [0.25, 0.3) is 5.76 Å². The van der Waals surface area contributed by atoms with Crippen molar-refractivity contribution >= 4 is 29.2 Å². The van der Waals surface area contributed by atoms with Gasteiger partial charge >= 0.3 is 5.97 Å². The lowest BCUT2D eigenvalue weighted by molar-refractivity contribution is -0.159. The monoisotopic (exact) mass is 602 g/mol. The van der Waals surface area contributed by atoms with Crippen molar-refractivity contribution in [2.75, 3.05) is 27.3 Å². The Balaban J connectivity index is 1.64. The Morgan fingerprint density at radius 1 is 1.14 bits per heavy atom. The number of Topliss-reactive ketones (excluding diaryl/α,β-unsaturated/α-hetero) is 2. The molecule has 1 fully saturated rings. The number of nitrogens with two attached hydrogens (primary N) is 1. The molecule has 0 saturated heterocycles. The van der Waals surface area contributed by atoms with Crippen LogP contribution < -0.4 is 16.4 Å². The number of aliphatic carboxylic acids is 1. The van der Waals surface area contributed by atoms with Gasteiger partial charge in [0.15, 0.2) is 11.4 Å². The number of nitrogens with zero attached hydrogens (tertiary/aromatic N) is 1. The molecule has 10 N–H and O–H groups in total. The molecular formula is C29H38N4O10. The number of phenols is 1. The van der Waals surface area contributed by atoms with E-state index in [0.29, 0.717) is 19.4 Å². The SMILES string of the molecule is CN(C)[C@@H]1C(=O)C(C(=O)NCNCCCC[C@H](N)C(=O)O)=C(O)[C@]2(O)C(=O)C3=C(O)c4c(O)cccc4[C@](C)(O)[C@H]3C[C@H]12. The molecule has 1 aromatic rings. The number of aliphatic hydroxyl groups excluding tert-OH is 2. The first-order chi connectivity index (χ1) is 20.1. The molecule has 0 aliphatic heterocycles. The molecule has 0 heterocycles. The third-order valence-electron chi connectivity index (χ3n) is 8.81. The molecule has 0 spiro atoms. The van der Waals surface area contributed by atoms with Crippen molar-refractivity contribution < 1.29 is 49.8 Å². The molecule has 14 heteroatoms. The first-order valence-corrected chi connectivity index (χ1v) is 14.0. The normalized spacial score (nSPS) is 29.2. The number of hydrogen-bond acceptors (Lipinski definition) is 12. The zero-order valence-corrected chi connectivity index (χ0v) is 24.1. The minimum atomic E-state index is -2.80. The van der Waals surface area contributed by atoms with E-state index in [-0.39, 0.29) is 30.6 Å². The summed E-state index contributed by atoms with van der Waals surface area (Å²) in [5.74, 6) is -8.84. The van der Waals surface area contributed by atoms with Crippen LogP contribution in [-0.4, -0.2) is 104 Å². The van der Waals surface area contributed by atoms with Gasteiger partial charge in [-0.25, -0.2) is 0 Å². The lowest BCUT2D eigenvalue weighted by atomic mass is 9.54. The molecule has 4 rings (SSSR count). The Labute approximate surface area is 247 Å². The Hall–Kier alpha value is -3.82. The molecule has 0 bridgehead atoms. The summed E-state index contributed by atoms with van der Waals surface area (Å²) < 4.78 is 0. The van der Waals surface area contributed by atoms with E-state index in [2.05, 4.69) is 10.6 Å². The number of aromatic hydroxyl groups is 1. The van der Waals surface area contributed by atoms with Gasteiger partial charge < -0.3 is 41.7 Å². The Morgan fingerprint density at radius 2 is 1.81 bits per heavy atom. The highest BCUT2D eigenvalue weighted by Crippen LogP contribution is 2.57. The number of likely N-dealkylation sites (N-methyl/N-ethyl adjacent to an activating group) is 1. The maximum Gasteiger partial charge on any atom is 0.320 e. The second-order valence-electron chi connectivity index (χ2n) is 11.7. The van der Waals surface area contributed by atoms with Gasteiger partial charge in [0.05, 0.1) is 23.9 Å². The molecule has 0 aromatic heterocycles. The largest absolute Gasteiger partial charge is 0.508 e. The van der Waals surface area contributed by atoms with E-state index in [1.165, 1.54) is 44.1 Å². The Morgan fingerprint density at radius 3 is 2.44 bits per heavy atom. The van der Waals surface area contributed by atoms with Crippen LogP contribution in [-0.2, 0) is 24.8 Å². The van der Waals surface area contributed by atoms with Crippen molar-refractivity contribution in [1.82, 2.24) is 15.5 Å². The number of fused-ring (bicyclic) bond motifs is 3. The lowest BCUT2D eigenvalue weighted by Gasteiger charge is -2.53. The van der Waals surface area contributed by atoms with Crippen LogP contribution in [0.2, 0.25) is 0 Å². The van der Waals surface area contributed by atoms with Crippen molar-refractivity contribution in [3.8, 4) is 5.75 Å². The van der Waals surface area contributed by atoms with Crippen molar-refractivity contribution in [1.29, 1.82) is 0 Å². The number of carboxylic acids is 1. The average Bonchev–Trinajstić information content (AvgIpc) is 2.92. The van der Waals surface area contributed by atoms with Gasteiger partial charge in [-0.2, -0.15) is 0 Å². The highest BCUT2D eigenvalue weighted by molar-refractivity contribution is 6.25. The van der Waals surface area contributed by atoms with E-state index in [4.69, 9.17) is 10.8 Å². The quantitative estimate of drug-likeness (QED) is 0.0923. The molecule has 14 nitrogen and oxygen atoms in total. The highest BCUT2D eigenvalue weighted by atomic mass is 16.4. The summed E-state index contributed by atoms with van der Waals surface area (Å²) in [7, 11) is 3.02. The average molecular weight is 603 g/mol. The number of benzene rings is 1. The molecule has 1 saturated carbocycles. The van der Waals surface area contributed by atoms with Crippen LogP contribution in [0, 0.1) is 11.8 Å². The summed E-state index contributed by atoms with van der Waals surface area (Å²) >= 11 is 0. The standard InChI is InChI=1S/C29H38N4O10/c1-28(42)13-7-6-9-17(34)18(13)22(35)19-14(28)11-15-21(33(2)3)23(36)20(25(38)29(15,43)24(19)37)26(39)32-12-31-10-5-4-8-16(30)27(40)41/h6-7,9,14-16,21,31,34-35,38,42-43H,4-5,8,10-12,30H2,1-3H3,(H,32,39)(H,40,41)/t14-,15+,16-,21-,28-,29+/m0/s1. The van der Waals surface area contributed by atoms with E-state index >= 15 is 0 Å². The zero-order chi connectivity index (χ0) is 32.0. The maximum absolute atomic E-state index is 14.1. The minimum absolute atomic E-state index is 0.150. The van der Waals surface area contributed by atoms with E-state index in [1.807, 2.05) is 0 Å². The molecule has 1 aromatic carbocycles. The van der Waals surface area contributed by atoms with Crippen LogP contribution in [0.5, 0.6) is 5.75 Å². The van der Waals surface area contributed by atoms with E-state index < -0.39 is 87.0 Å². The van der Waals surface area contributed by atoms with Gasteiger partial charge in [-0.3, -0.25) is 29.4 Å². The third-order valence-corrected chi connectivity index (χ3v) is 8.81. The number of amides is 1. The van der Waals surface area contributed by atoms with Crippen molar-refractivity contribution in [2.45, 2.75) is 55.9 Å². The summed E-state index contributed by atoms with van der Waals surface area (Å²) in [6.07, 6.45) is 1.10. The van der Waals surface area contributed by atoms with Gasteiger partial charge in [-0.1, -0.05) is 18.6 Å². The van der Waals surface area contributed by atoms with Crippen molar-refractivity contribution in [3.05, 3.63) is 46.2 Å². The number of unbranched alkanes of at least 4 members (excludes halogenated alkanes) is 1. The van der Waals surface area contributed by atoms with Gasteiger partial charge in [0.25, 0.3) is 5.91 Å². The first-order valence-electron chi connectivity index (χ1n) is 14.0. The van der Waals surface area contributed by atoms with Crippen LogP contribution in [0.4, 0.5) is 0 Å². The highest BCUT2D eigenvalue weighted by Gasteiger charge is 2.66. The van der Waals surface area contributed by atoms with Gasteiger partial charge in [0.1, 0.15) is 28.9 Å². The first kappa shape index (κ1) is 32.1. The van der Waals surface area contributed by atoms with E-state index in [9.17, 15) is 44.7 Å². The predicted molar refractivity (Wildman–Crippen MR) is 151 cm³/mol. The summed E-state index contributed by atoms with van der Waals surface area (Å²) in [4.78, 5) is 53.1. The molecule has 3 aliphatic carbocycles. The van der Waals surface area contributed by atoms with Gasteiger partial charge in [-0.05, 0) is 58.5 Å². The van der Waals surface area contributed by atoms with Crippen LogP contribution in [0.15, 0.2) is 35.1 Å². The molecular weight excluding hydrogens is 564 g/mol. The number of ketones is 2. The number of nitrogens with one attached hydrogen (secondary N) is 2. The second-order valence-corrected chi connectivity index (χ2v) is 11.7. The van der Waals surface area contributed by atoms with Crippen LogP contribution in [0.1, 0.15) is 43.7 Å². The smallest absolute Gasteiger partial charge is 0.320 e. The summed E-state index contributed by atoms with van der Waals surface area (Å²) in [5.41, 5.74) is -0.436. The van der Waals surface area contributed by atoms with Crippen LogP contribution in [0.3, 0.4) is 0 Å². The maximum atomic E-state index is 14.1. The topological polar surface area (TPSA) is 243 Å². The number of hydrogen-bond donors (Lipinski definition) is 9. The molecule has 0 unspecified atom stereocenters. The van der Waals surface area contributed by atoms with Gasteiger partial charge in [0.2, 0.25) is 5.78 Å². The van der Waals surface area contributed by atoms with Crippen molar-refractivity contribution in [3.63, 3.8) is 0 Å². The second kappa shape index (κ2) is 11.7. The fourth-order valence-electron chi connectivity index (χ4n) is 6.54. The van der Waals surface area contributed by atoms with E-state index in [0.717, 1.165) is 0 Å². The number of carbonyl (C=O) groups is 4. The number of carbonyl (C=O) groups excluding carboxylic acids is 3. The lowest BCUT2D eigenvalue weighted by Crippen LogP contribution is -2.67. The minimum Gasteiger partial charge on any atom is -0.508 e. The number of phenolic OH excluding ortho intramolecular Hbond substituents is 1. The van der Waals surface area contributed by atoms with Crippen LogP contribution >= 0.6 is 0 Å². The molecule has 234 valence electrons. The number of carboxylic acid groups (broad SMARTS) is 1. The summed E-state index contributed by atoms with van der Waals surface area (Å²) in [6.45, 7) is 1.63. The summed E-state index contributed by atoms with van der Waals surface area (Å²) in [6, 6.07) is 1.99. The van der Waals surface area contributed by atoms with Gasteiger partial charge in [-0.15, -0.1) is 0 Å². The molecule has 0 radical (unpaired) electrons. The Kier molecular flexibility index (Phi) is 8.73. The number of aliphatic hydroxyl groups is 4. The fourth-order valence-corrected chi connectivity index (χ4v) is 6.54. The fraction of sp³-hybridized carbons (Fsp3) is 0.517. The van der Waals surface area contributed by atoms with Crippen molar-refractivity contribution in [2.24, 2.45) is 17.6 Å². The van der Waals surface area contributed by atoms with E-state index in [1.54, 1.807) is 0 Å². The Bertz CT molecular complexity index is 1420. The van der Waals surface area contributed by atoms with Gasteiger partial charge in [0, 0.05) is 17.4 Å². The third kappa shape index (κ3) is 5.18.